The zero-order chi connectivity index (χ0) is 17.9. The molecule has 0 spiro atoms. The maximum absolute atomic E-state index is 13.5. The summed E-state index contributed by atoms with van der Waals surface area (Å²) in [5, 5.41) is 3.61. The van der Waals surface area contributed by atoms with Gasteiger partial charge in [0.1, 0.15) is 5.82 Å². The number of benzene rings is 1. The molecule has 1 aliphatic rings. The Morgan fingerprint density at radius 3 is 2.75 bits per heavy atom. The molecule has 0 fully saturated rings. The van der Waals surface area contributed by atoms with Gasteiger partial charge in [-0.05, 0) is 52.8 Å². The van der Waals surface area contributed by atoms with Crippen LogP contribution in [0.3, 0.4) is 0 Å². The van der Waals surface area contributed by atoms with Crippen LogP contribution in [0.2, 0.25) is 0 Å². The number of carbonyl (C=O) groups is 1. The lowest BCUT2D eigenvalue weighted by Crippen LogP contribution is -2.48. The van der Waals surface area contributed by atoms with Gasteiger partial charge in [-0.1, -0.05) is 6.07 Å². The smallest absolute Gasteiger partial charge is 0.337 e. The normalized spacial score (nSPS) is 17.8. The van der Waals surface area contributed by atoms with Crippen LogP contribution in [-0.2, 0) is 14.3 Å². The van der Waals surface area contributed by atoms with Crippen LogP contribution in [0, 0.1) is 5.82 Å². The van der Waals surface area contributed by atoms with Gasteiger partial charge in [0, 0.05) is 19.4 Å². The molecule has 5 nitrogen and oxygen atoms in total. The zero-order valence-corrected chi connectivity index (χ0v) is 16.0. The number of nitrogens with one attached hydrogen (secondary N) is 1. The highest BCUT2D eigenvalue weighted by Crippen LogP contribution is 2.32. The van der Waals surface area contributed by atoms with Crippen molar-refractivity contribution in [3.8, 4) is 0 Å². The Labute approximate surface area is 153 Å². The monoisotopic (exact) mass is 416 g/mol. The number of hydrogen-bond acceptors (Lipinski definition) is 4. The van der Waals surface area contributed by atoms with Crippen molar-refractivity contribution in [3.05, 3.63) is 45.3 Å². The van der Waals surface area contributed by atoms with Gasteiger partial charge in [-0.2, -0.15) is 0 Å². The van der Waals surface area contributed by atoms with Crippen LogP contribution < -0.4 is 5.32 Å². The van der Waals surface area contributed by atoms with Crippen molar-refractivity contribution in [2.45, 2.75) is 13.0 Å². The summed E-state index contributed by atoms with van der Waals surface area (Å²) in [5.41, 5.74) is 1.82. The number of hydrogen-bond donors (Lipinski definition) is 1. The Morgan fingerprint density at radius 2 is 2.17 bits per heavy atom. The topological polar surface area (TPSA) is 50.8 Å². The molecule has 0 aromatic heterocycles. The highest BCUT2D eigenvalue weighted by Gasteiger charge is 2.34. The number of thiocarbonyl (C=S) groups is 1. The molecule has 1 N–H and O–H groups in total. The third-order valence-electron chi connectivity index (χ3n) is 3.80. The van der Waals surface area contributed by atoms with E-state index in [1.807, 2.05) is 0 Å². The molecule has 130 valence electrons. The molecule has 24 heavy (non-hydrogen) atoms. The molecule has 0 bridgehead atoms. The highest BCUT2D eigenvalue weighted by molar-refractivity contribution is 9.10. The Hall–Kier alpha value is -1.51. The second kappa shape index (κ2) is 8.04. The van der Waals surface area contributed by atoms with Gasteiger partial charge < -0.3 is 19.7 Å². The fraction of sp³-hybridized carbons (Fsp3) is 0.375. The van der Waals surface area contributed by atoms with E-state index in [1.54, 1.807) is 31.1 Å². The first-order valence-corrected chi connectivity index (χ1v) is 8.41. The van der Waals surface area contributed by atoms with E-state index in [1.165, 1.54) is 13.2 Å². The SMILES string of the molecule is COCCN1C(=S)N[C@H](c2ccc(F)c(Br)c2)C(C(=O)OC)=C1C. The summed E-state index contributed by atoms with van der Waals surface area (Å²) in [4.78, 5) is 14.1. The van der Waals surface area contributed by atoms with Crippen LogP contribution in [0.5, 0.6) is 0 Å². The molecule has 0 saturated carbocycles. The number of methoxy groups -OCH3 is 2. The molecule has 1 aliphatic heterocycles. The molecule has 0 amide bonds. The number of halogens is 2. The molecule has 0 aliphatic carbocycles. The van der Waals surface area contributed by atoms with Gasteiger partial charge in [0.05, 0.1) is 29.8 Å². The van der Waals surface area contributed by atoms with E-state index in [-0.39, 0.29) is 5.82 Å². The fourth-order valence-corrected chi connectivity index (χ4v) is 3.29. The molecule has 8 heteroatoms. The number of esters is 1. The minimum atomic E-state index is -0.513. The Balaban J connectivity index is 2.50. The van der Waals surface area contributed by atoms with E-state index in [2.05, 4.69) is 21.2 Å². The van der Waals surface area contributed by atoms with Crippen LogP contribution >= 0.6 is 28.1 Å². The van der Waals surface area contributed by atoms with E-state index in [9.17, 15) is 9.18 Å². The van der Waals surface area contributed by atoms with Gasteiger partial charge in [-0.15, -0.1) is 0 Å². The molecule has 1 atom stereocenters. The number of ether oxygens (including phenoxy) is 2. The van der Waals surface area contributed by atoms with Crippen molar-refractivity contribution < 1.29 is 18.7 Å². The van der Waals surface area contributed by atoms with Crippen LogP contribution in [-0.4, -0.2) is 43.4 Å². The van der Waals surface area contributed by atoms with E-state index in [4.69, 9.17) is 21.7 Å². The number of rotatable bonds is 5. The van der Waals surface area contributed by atoms with Gasteiger partial charge in [0.25, 0.3) is 0 Å². The van der Waals surface area contributed by atoms with Crippen LogP contribution in [0.4, 0.5) is 4.39 Å². The van der Waals surface area contributed by atoms with Crippen molar-refractivity contribution in [3.63, 3.8) is 0 Å². The molecule has 1 aromatic rings. The van der Waals surface area contributed by atoms with Crippen LogP contribution in [0.1, 0.15) is 18.5 Å². The second-order valence-corrected chi connectivity index (χ2v) is 6.43. The Morgan fingerprint density at radius 1 is 1.46 bits per heavy atom. The van der Waals surface area contributed by atoms with E-state index in [0.717, 1.165) is 0 Å². The van der Waals surface area contributed by atoms with E-state index < -0.39 is 12.0 Å². The number of allylic oxidation sites excluding steroid dienone is 1. The quantitative estimate of drug-likeness (QED) is 0.588. The maximum Gasteiger partial charge on any atom is 0.337 e. The van der Waals surface area contributed by atoms with Crippen molar-refractivity contribution in [1.82, 2.24) is 10.2 Å². The van der Waals surface area contributed by atoms with Gasteiger partial charge in [-0.25, -0.2) is 9.18 Å². The Bertz CT molecular complexity index is 696. The maximum atomic E-state index is 13.5. The molecule has 0 saturated heterocycles. The standard InChI is InChI=1S/C16H18BrFN2O3S/c1-9-13(15(21)23-3)14(10-4-5-12(18)11(17)8-10)19-16(24)20(9)6-7-22-2/h4-5,8,14H,6-7H2,1-3H3,(H,19,24)/t14-/m1/s1. The first-order valence-electron chi connectivity index (χ1n) is 7.21. The lowest BCUT2D eigenvalue weighted by molar-refractivity contribution is -0.136. The van der Waals surface area contributed by atoms with Crippen LogP contribution in [0.15, 0.2) is 33.9 Å². The number of nitrogens with zero attached hydrogens (tertiary/aromatic N) is 1. The minimum Gasteiger partial charge on any atom is -0.466 e. The van der Waals surface area contributed by atoms with Gasteiger partial charge >= 0.3 is 5.97 Å². The van der Waals surface area contributed by atoms with Crippen molar-refractivity contribution >= 4 is 39.2 Å². The predicted octanol–water partition coefficient (Wildman–Crippen LogP) is 2.91. The van der Waals surface area contributed by atoms with Gasteiger partial charge in [-0.3, -0.25) is 0 Å². The summed E-state index contributed by atoms with van der Waals surface area (Å²) in [5.74, 6) is -0.838. The number of carbonyl (C=O) groups excluding carboxylic acids is 1. The lowest BCUT2D eigenvalue weighted by Gasteiger charge is -2.37. The molecular formula is C16H18BrFN2O3S. The predicted molar refractivity (Wildman–Crippen MR) is 95.9 cm³/mol. The average molecular weight is 417 g/mol. The van der Waals surface area contributed by atoms with E-state index in [0.29, 0.717) is 39.6 Å². The minimum absolute atomic E-state index is 0.316. The summed E-state index contributed by atoms with van der Waals surface area (Å²) in [6.45, 7) is 2.77. The summed E-state index contributed by atoms with van der Waals surface area (Å²) in [7, 11) is 2.92. The molecular weight excluding hydrogens is 399 g/mol. The Kier molecular flexibility index (Phi) is 6.31. The first-order chi connectivity index (χ1) is 11.4. The summed E-state index contributed by atoms with van der Waals surface area (Å²) >= 11 is 8.58. The molecule has 1 heterocycles. The molecule has 0 unspecified atom stereocenters. The van der Waals surface area contributed by atoms with E-state index >= 15 is 0 Å². The first kappa shape index (κ1) is 18.8. The third kappa shape index (κ3) is 3.76. The highest BCUT2D eigenvalue weighted by atomic mass is 79.9. The summed E-state index contributed by atoms with van der Waals surface area (Å²) < 4.78 is 23.9. The van der Waals surface area contributed by atoms with Gasteiger partial charge in [0.15, 0.2) is 5.11 Å². The van der Waals surface area contributed by atoms with Crippen LogP contribution in [0.25, 0.3) is 0 Å². The molecule has 0 radical (unpaired) electrons. The second-order valence-electron chi connectivity index (χ2n) is 5.19. The van der Waals surface area contributed by atoms with Crippen molar-refractivity contribution in [1.29, 1.82) is 0 Å². The largest absolute Gasteiger partial charge is 0.466 e. The summed E-state index contributed by atoms with van der Waals surface area (Å²) in [6, 6.07) is 4.06. The lowest BCUT2D eigenvalue weighted by atomic mass is 9.95. The van der Waals surface area contributed by atoms with Crippen molar-refractivity contribution in [2.24, 2.45) is 0 Å². The van der Waals surface area contributed by atoms with Crippen molar-refractivity contribution in [2.75, 3.05) is 27.4 Å². The molecule has 1 aromatic carbocycles. The average Bonchev–Trinajstić information content (AvgIpc) is 2.56. The molecule has 2 rings (SSSR count). The zero-order valence-electron chi connectivity index (χ0n) is 13.6. The third-order valence-corrected chi connectivity index (χ3v) is 4.74. The summed E-state index contributed by atoms with van der Waals surface area (Å²) in [6.07, 6.45) is 0. The fourth-order valence-electron chi connectivity index (χ4n) is 2.55. The van der Waals surface area contributed by atoms with Gasteiger partial charge in [0.2, 0.25) is 0 Å².